The molecular formula is C20H29ClN6S. The fraction of sp³-hybridized carbons (Fsp3) is 0.500. The van der Waals surface area contributed by atoms with Crippen molar-refractivity contribution in [2.24, 2.45) is 4.99 Å². The first-order valence-electron chi connectivity index (χ1n) is 9.59. The van der Waals surface area contributed by atoms with E-state index in [1.807, 2.05) is 38.2 Å². The zero-order valence-corrected chi connectivity index (χ0v) is 18.4. The van der Waals surface area contributed by atoms with Crippen molar-refractivity contribution in [2.45, 2.75) is 32.0 Å². The molecule has 0 unspecified atom stereocenters. The van der Waals surface area contributed by atoms with Gasteiger partial charge in [-0.05, 0) is 30.5 Å². The molecule has 0 bridgehead atoms. The summed E-state index contributed by atoms with van der Waals surface area (Å²) in [5.74, 6) is 0.843. The number of nitrogens with zero attached hydrogens (tertiary/aromatic N) is 4. The molecule has 1 fully saturated rings. The van der Waals surface area contributed by atoms with Crippen molar-refractivity contribution in [3.63, 3.8) is 0 Å². The highest BCUT2D eigenvalue weighted by molar-refractivity contribution is 7.13. The van der Waals surface area contributed by atoms with Gasteiger partial charge in [0.15, 0.2) is 11.1 Å². The van der Waals surface area contributed by atoms with E-state index in [2.05, 4.69) is 43.0 Å². The molecule has 6 nitrogen and oxygen atoms in total. The maximum absolute atomic E-state index is 5.97. The molecule has 0 atom stereocenters. The van der Waals surface area contributed by atoms with Crippen molar-refractivity contribution in [3.8, 4) is 0 Å². The quantitative estimate of drug-likeness (QED) is 0.555. The van der Waals surface area contributed by atoms with Crippen LogP contribution in [0.25, 0.3) is 0 Å². The van der Waals surface area contributed by atoms with Crippen molar-refractivity contribution in [3.05, 3.63) is 45.9 Å². The number of piperidine rings is 1. The lowest BCUT2D eigenvalue weighted by molar-refractivity contribution is 0.198. The van der Waals surface area contributed by atoms with Gasteiger partial charge in [0.2, 0.25) is 0 Å². The summed E-state index contributed by atoms with van der Waals surface area (Å²) in [6.07, 6.45) is 2.21. The molecule has 0 radical (unpaired) electrons. The average molecular weight is 421 g/mol. The van der Waals surface area contributed by atoms with Crippen LogP contribution >= 0.6 is 22.9 Å². The third kappa shape index (κ3) is 6.09. The molecule has 0 amide bonds. The van der Waals surface area contributed by atoms with Gasteiger partial charge >= 0.3 is 0 Å². The summed E-state index contributed by atoms with van der Waals surface area (Å²) in [6.45, 7) is 3.82. The van der Waals surface area contributed by atoms with E-state index in [9.17, 15) is 0 Å². The monoisotopic (exact) mass is 420 g/mol. The minimum Gasteiger partial charge on any atom is -0.354 e. The number of benzene rings is 1. The van der Waals surface area contributed by atoms with Gasteiger partial charge in [-0.3, -0.25) is 9.89 Å². The van der Waals surface area contributed by atoms with Gasteiger partial charge in [-0.1, -0.05) is 23.7 Å². The van der Waals surface area contributed by atoms with Crippen molar-refractivity contribution in [1.29, 1.82) is 0 Å². The smallest absolute Gasteiger partial charge is 0.191 e. The molecule has 28 heavy (non-hydrogen) atoms. The molecule has 1 aliphatic rings. The standard InChI is InChI=1S/C20H29ClN6S/c1-22-19(23-12-18-14-28-20(25-18)26(2)3)24-17-8-10-27(11-9-17)13-15-4-6-16(21)7-5-15/h4-7,14,17H,8-13H2,1-3H3,(H2,22,23,24). The molecule has 3 rings (SSSR count). The molecule has 0 spiro atoms. The summed E-state index contributed by atoms with van der Waals surface area (Å²) in [4.78, 5) is 13.5. The van der Waals surface area contributed by atoms with Gasteiger partial charge in [0.1, 0.15) is 0 Å². The van der Waals surface area contributed by atoms with E-state index >= 15 is 0 Å². The summed E-state index contributed by atoms with van der Waals surface area (Å²) < 4.78 is 0. The molecular weight excluding hydrogens is 392 g/mol. The van der Waals surface area contributed by atoms with Crippen LogP contribution in [-0.4, -0.2) is 56.1 Å². The van der Waals surface area contributed by atoms with Gasteiger partial charge in [-0.2, -0.15) is 0 Å². The number of anilines is 1. The number of guanidine groups is 1. The van der Waals surface area contributed by atoms with Crippen molar-refractivity contribution in [1.82, 2.24) is 20.5 Å². The Bertz CT molecular complexity index is 765. The number of hydrogen-bond acceptors (Lipinski definition) is 5. The fourth-order valence-corrected chi connectivity index (χ4v) is 4.11. The molecule has 1 aromatic heterocycles. The molecule has 1 saturated heterocycles. The molecule has 1 aliphatic heterocycles. The Morgan fingerprint density at radius 2 is 2.00 bits per heavy atom. The zero-order chi connectivity index (χ0) is 19.9. The first-order chi connectivity index (χ1) is 13.5. The summed E-state index contributed by atoms with van der Waals surface area (Å²) in [5.41, 5.74) is 2.35. The minimum absolute atomic E-state index is 0.445. The summed E-state index contributed by atoms with van der Waals surface area (Å²) in [7, 11) is 5.84. The molecule has 1 aromatic carbocycles. The van der Waals surface area contributed by atoms with Crippen molar-refractivity contribution in [2.75, 3.05) is 39.1 Å². The lowest BCUT2D eigenvalue weighted by Gasteiger charge is -2.33. The normalized spacial score (nSPS) is 16.2. The summed E-state index contributed by atoms with van der Waals surface area (Å²) in [5, 5.41) is 10.8. The van der Waals surface area contributed by atoms with Crippen LogP contribution in [0.1, 0.15) is 24.1 Å². The minimum atomic E-state index is 0.445. The van der Waals surface area contributed by atoms with Crippen LogP contribution in [-0.2, 0) is 13.1 Å². The fourth-order valence-electron chi connectivity index (χ4n) is 3.23. The largest absolute Gasteiger partial charge is 0.354 e. The number of thiazole rings is 1. The lowest BCUT2D eigenvalue weighted by atomic mass is 10.0. The Labute approximate surface area is 176 Å². The number of aliphatic imine (C=N–C) groups is 1. The topological polar surface area (TPSA) is 55.8 Å². The van der Waals surface area contributed by atoms with Gasteiger partial charge < -0.3 is 15.5 Å². The molecule has 0 saturated carbocycles. The third-order valence-electron chi connectivity index (χ3n) is 4.83. The molecule has 2 heterocycles. The van der Waals surface area contributed by atoms with Crippen LogP contribution in [0.3, 0.4) is 0 Å². The molecule has 152 valence electrons. The van der Waals surface area contributed by atoms with E-state index in [-0.39, 0.29) is 0 Å². The van der Waals surface area contributed by atoms with Crippen molar-refractivity contribution < 1.29 is 0 Å². The van der Waals surface area contributed by atoms with E-state index in [1.165, 1.54) is 5.56 Å². The Hall–Kier alpha value is -1.83. The van der Waals surface area contributed by atoms with Gasteiger partial charge in [0, 0.05) is 57.2 Å². The third-order valence-corrected chi connectivity index (χ3v) is 6.14. The first-order valence-corrected chi connectivity index (χ1v) is 10.8. The Balaban J connectivity index is 1.41. The van der Waals surface area contributed by atoms with Gasteiger partial charge in [-0.25, -0.2) is 4.98 Å². The maximum atomic E-state index is 5.97. The van der Waals surface area contributed by atoms with Gasteiger partial charge in [0.25, 0.3) is 0 Å². The second kappa shape index (κ2) is 10.1. The SMILES string of the molecule is CN=C(NCc1csc(N(C)C)n1)NC1CCN(Cc2ccc(Cl)cc2)CC1. The highest BCUT2D eigenvalue weighted by atomic mass is 35.5. The van der Waals surface area contributed by atoms with Crippen LogP contribution in [0, 0.1) is 0 Å². The number of halogens is 1. The number of nitrogens with one attached hydrogen (secondary N) is 2. The molecule has 0 aliphatic carbocycles. The van der Waals surface area contributed by atoms with Gasteiger partial charge in [-0.15, -0.1) is 11.3 Å². The Kier molecular flexibility index (Phi) is 7.53. The van der Waals surface area contributed by atoms with Crippen LogP contribution in [0.5, 0.6) is 0 Å². The molecule has 2 aromatic rings. The van der Waals surface area contributed by atoms with Crippen molar-refractivity contribution >= 4 is 34.0 Å². The van der Waals surface area contributed by atoms with E-state index in [0.717, 1.165) is 54.3 Å². The molecule has 2 N–H and O–H groups in total. The highest BCUT2D eigenvalue weighted by Crippen LogP contribution is 2.18. The van der Waals surface area contributed by atoms with E-state index in [4.69, 9.17) is 11.6 Å². The second-order valence-electron chi connectivity index (χ2n) is 7.26. The second-order valence-corrected chi connectivity index (χ2v) is 8.54. The van der Waals surface area contributed by atoms with Crippen LogP contribution < -0.4 is 15.5 Å². The number of rotatable bonds is 6. The van der Waals surface area contributed by atoms with E-state index < -0.39 is 0 Å². The number of hydrogen-bond donors (Lipinski definition) is 2. The van der Waals surface area contributed by atoms with Gasteiger partial charge in [0.05, 0.1) is 12.2 Å². The zero-order valence-electron chi connectivity index (χ0n) is 16.8. The Morgan fingerprint density at radius 1 is 1.29 bits per heavy atom. The molecule has 8 heteroatoms. The highest BCUT2D eigenvalue weighted by Gasteiger charge is 2.20. The van der Waals surface area contributed by atoms with Crippen LogP contribution in [0.15, 0.2) is 34.6 Å². The average Bonchev–Trinajstić information content (AvgIpc) is 3.18. The number of aromatic nitrogens is 1. The summed E-state index contributed by atoms with van der Waals surface area (Å²) >= 11 is 7.63. The lowest BCUT2D eigenvalue weighted by Crippen LogP contribution is -2.48. The number of likely N-dealkylation sites (tertiary alicyclic amines) is 1. The predicted molar refractivity (Wildman–Crippen MR) is 120 cm³/mol. The Morgan fingerprint density at radius 3 is 2.61 bits per heavy atom. The predicted octanol–water partition coefficient (Wildman–Crippen LogP) is 3.19. The van der Waals surface area contributed by atoms with E-state index in [1.54, 1.807) is 11.3 Å². The van der Waals surface area contributed by atoms with Crippen LogP contribution in [0.4, 0.5) is 5.13 Å². The van der Waals surface area contributed by atoms with E-state index in [0.29, 0.717) is 12.6 Å². The summed E-state index contributed by atoms with van der Waals surface area (Å²) in [6, 6.07) is 8.59. The first kappa shape index (κ1) is 20.9. The van der Waals surface area contributed by atoms with Crippen LogP contribution in [0.2, 0.25) is 5.02 Å². The maximum Gasteiger partial charge on any atom is 0.191 e.